The summed E-state index contributed by atoms with van der Waals surface area (Å²) in [6.45, 7) is 6.18. The summed E-state index contributed by atoms with van der Waals surface area (Å²) in [5.74, 6) is -1.69. The van der Waals surface area contributed by atoms with Crippen molar-refractivity contribution in [3.8, 4) is 11.1 Å². The summed E-state index contributed by atoms with van der Waals surface area (Å²) in [5, 5.41) is 2.76. The van der Waals surface area contributed by atoms with Gasteiger partial charge in [-0.25, -0.2) is 9.18 Å². The first-order chi connectivity index (χ1) is 18.7. The van der Waals surface area contributed by atoms with E-state index in [2.05, 4.69) is 12.2 Å². The summed E-state index contributed by atoms with van der Waals surface area (Å²) in [7, 11) is 1.31. The lowest BCUT2D eigenvalue weighted by atomic mass is 9.99. The van der Waals surface area contributed by atoms with E-state index in [0.717, 1.165) is 24.8 Å². The summed E-state index contributed by atoms with van der Waals surface area (Å²) in [6.07, 6.45) is 4.45. The first-order valence-corrected chi connectivity index (χ1v) is 13.5. The van der Waals surface area contributed by atoms with E-state index < -0.39 is 17.8 Å². The molecule has 3 aromatic rings. The number of benzene rings is 3. The standard InChI is InChI=1S/C32H35FN2O4/c1-5-6-7-8-21-9-11-22(12-10-21)30(36)34-25-15-16-26(28(33)18-25)23-13-14-24-19-35(31(37)27(24)17-23)29(20(2)3)32(38)39-4/h9-18,20,29H,5-8,19H2,1-4H3,(H,34,36). The van der Waals surface area contributed by atoms with Gasteiger partial charge in [-0.2, -0.15) is 0 Å². The number of ether oxygens (including phenoxy) is 1. The molecule has 0 aromatic heterocycles. The minimum Gasteiger partial charge on any atom is -0.467 e. The third-order valence-corrected chi connectivity index (χ3v) is 7.17. The predicted molar refractivity (Wildman–Crippen MR) is 150 cm³/mol. The average Bonchev–Trinajstić information content (AvgIpc) is 3.24. The molecule has 0 saturated heterocycles. The number of nitrogens with one attached hydrogen (secondary N) is 1. The maximum atomic E-state index is 15.2. The van der Waals surface area contributed by atoms with Crippen LogP contribution >= 0.6 is 0 Å². The average molecular weight is 531 g/mol. The number of aryl methyl sites for hydroxylation is 1. The molecular formula is C32H35FN2O4. The first-order valence-electron chi connectivity index (χ1n) is 13.5. The van der Waals surface area contributed by atoms with Gasteiger partial charge in [0.25, 0.3) is 11.8 Å². The second-order valence-electron chi connectivity index (χ2n) is 10.3. The number of nitrogens with zero attached hydrogens (tertiary/aromatic N) is 1. The number of carbonyl (C=O) groups excluding carboxylic acids is 3. The zero-order valence-corrected chi connectivity index (χ0v) is 22.9. The van der Waals surface area contributed by atoms with Crippen LogP contribution in [0.5, 0.6) is 0 Å². The van der Waals surface area contributed by atoms with Gasteiger partial charge in [-0.1, -0.05) is 57.9 Å². The molecule has 1 atom stereocenters. The van der Waals surface area contributed by atoms with Gasteiger partial charge in [-0.3, -0.25) is 9.59 Å². The fourth-order valence-corrected chi connectivity index (χ4v) is 5.03. The van der Waals surface area contributed by atoms with Gasteiger partial charge in [-0.15, -0.1) is 0 Å². The Balaban J connectivity index is 1.48. The van der Waals surface area contributed by atoms with Crippen molar-refractivity contribution in [1.29, 1.82) is 0 Å². The topological polar surface area (TPSA) is 75.7 Å². The predicted octanol–water partition coefficient (Wildman–Crippen LogP) is 6.63. The van der Waals surface area contributed by atoms with Crippen LogP contribution in [0.4, 0.5) is 10.1 Å². The third-order valence-electron chi connectivity index (χ3n) is 7.17. The molecule has 0 aliphatic carbocycles. The molecule has 6 nitrogen and oxygen atoms in total. The molecule has 1 heterocycles. The third kappa shape index (κ3) is 6.19. The molecule has 0 fully saturated rings. The number of carbonyl (C=O) groups is 3. The highest BCUT2D eigenvalue weighted by Crippen LogP contribution is 2.33. The van der Waals surface area contributed by atoms with Gasteiger partial charge in [0.1, 0.15) is 11.9 Å². The van der Waals surface area contributed by atoms with Crippen LogP contribution in [0.1, 0.15) is 71.9 Å². The molecule has 1 aliphatic rings. The molecule has 1 aliphatic heterocycles. The fourth-order valence-electron chi connectivity index (χ4n) is 5.03. The van der Waals surface area contributed by atoms with Gasteiger partial charge in [0.15, 0.2) is 0 Å². The van der Waals surface area contributed by atoms with Crippen LogP contribution in [0.25, 0.3) is 11.1 Å². The van der Waals surface area contributed by atoms with Crippen molar-refractivity contribution in [2.24, 2.45) is 5.92 Å². The van der Waals surface area contributed by atoms with E-state index in [0.29, 0.717) is 34.5 Å². The van der Waals surface area contributed by atoms with Crippen LogP contribution in [-0.4, -0.2) is 35.8 Å². The van der Waals surface area contributed by atoms with Crippen molar-refractivity contribution in [2.45, 2.75) is 59.0 Å². The summed E-state index contributed by atoms with van der Waals surface area (Å²) in [5.41, 5.74) is 4.11. The SMILES string of the molecule is CCCCCc1ccc(C(=O)Nc2ccc(-c3ccc4c(c3)C(=O)N(C(C(=O)OC)C(C)C)C4)c(F)c2)cc1. The van der Waals surface area contributed by atoms with Gasteiger partial charge < -0.3 is 15.0 Å². The largest absolute Gasteiger partial charge is 0.467 e. The number of fused-ring (bicyclic) bond motifs is 1. The Labute approximate surface area is 229 Å². The number of anilines is 1. The molecule has 0 bridgehead atoms. The molecule has 7 heteroatoms. The van der Waals surface area contributed by atoms with E-state index >= 15 is 4.39 Å². The van der Waals surface area contributed by atoms with Gasteiger partial charge in [-0.05, 0) is 71.8 Å². The fraction of sp³-hybridized carbons (Fsp3) is 0.344. The highest BCUT2D eigenvalue weighted by molar-refractivity contribution is 6.04. The molecule has 0 radical (unpaired) electrons. The van der Waals surface area contributed by atoms with Crippen LogP contribution in [0, 0.1) is 11.7 Å². The van der Waals surface area contributed by atoms with Crippen LogP contribution in [0.2, 0.25) is 0 Å². The van der Waals surface area contributed by atoms with Crippen LogP contribution in [-0.2, 0) is 22.5 Å². The molecule has 0 saturated carbocycles. The Morgan fingerprint density at radius 3 is 2.38 bits per heavy atom. The maximum absolute atomic E-state index is 15.2. The molecule has 1 N–H and O–H groups in total. The lowest BCUT2D eigenvalue weighted by Gasteiger charge is -2.28. The molecule has 2 amide bonds. The molecule has 4 rings (SSSR count). The van der Waals surface area contributed by atoms with Gasteiger partial charge in [0, 0.05) is 28.9 Å². The van der Waals surface area contributed by atoms with Crippen molar-refractivity contribution in [1.82, 2.24) is 4.90 Å². The minimum absolute atomic E-state index is 0.126. The van der Waals surface area contributed by atoms with E-state index in [9.17, 15) is 14.4 Å². The van der Waals surface area contributed by atoms with E-state index in [-0.39, 0.29) is 17.7 Å². The van der Waals surface area contributed by atoms with Crippen LogP contribution in [0.15, 0.2) is 60.7 Å². The van der Waals surface area contributed by atoms with E-state index in [4.69, 9.17) is 4.74 Å². The number of unbranched alkanes of at least 4 members (excludes halogenated alkanes) is 2. The Hall–Kier alpha value is -4.00. The summed E-state index contributed by atoms with van der Waals surface area (Å²) in [6, 6.07) is 16.5. The minimum atomic E-state index is -0.699. The number of amides is 2. The monoisotopic (exact) mass is 530 g/mol. The van der Waals surface area contributed by atoms with E-state index in [1.807, 2.05) is 26.0 Å². The Bertz CT molecular complexity index is 1370. The Morgan fingerprint density at radius 2 is 1.74 bits per heavy atom. The quantitative estimate of drug-likeness (QED) is 0.236. The number of hydrogen-bond donors (Lipinski definition) is 1. The Kier molecular flexibility index (Phi) is 8.79. The molecule has 3 aromatic carbocycles. The van der Waals surface area contributed by atoms with Gasteiger partial charge >= 0.3 is 5.97 Å². The van der Waals surface area contributed by atoms with E-state index in [1.54, 1.807) is 42.5 Å². The Morgan fingerprint density at radius 1 is 1.00 bits per heavy atom. The number of halogens is 1. The highest BCUT2D eigenvalue weighted by atomic mass is 19.1. The molecule has 0 spiro atoms. The summed E-state index contributed by atoms with van der Waals surface area (Å²) >= 11 is 0. The van der Waals surface area contributed by atoms with Gasteiger partial charge in [0.2, 0.25) is 0 Å². The zero-order valence-electron chi connectivity index (χ0n) is 22.9. The lowest BCUT2D eigenvalue weighted by molar-refractivity contribution is -0.147. The zero-order chi connectivity index (χ0) is 28.1. The normalized spacial score (nSPS) is 13.4. The molecule has 39 heavy (non-hydrogen) atoms. The van der Waals surface area contributed by atoms with Gasteiger partial charge in [0.05, 0.1) is 7.11 Å². The van der Waals surface area contributed by atoms with Crippen molar-refractivity contribution < 1.29 is 23.5 Å². The van der Waals surface area contributed by atoms with Crippen LogP contribution in [0.3, 0.4) is 0 Å². The molecule has 1 unspecified atom stereocenters. The highest BCUT2D eigenvalue weighted by Gasteiger charge is 2.38. The number of esters is 1. The van der Waals surface area contributed by atoms with Crippen molar-refractivity contribution >= 4 is 23.5 Å². The molecule has 204 valence electrons. The lowest BCUT2D eigenvalue weighted by Crippen LogP contribution is -2.45. The number of hydrogen-bond acceptors (Lipinski definition) is 4. The van der Waals surface area contributed by atoms with Crippen LogP contribution < -0.4 is 5.32 Å². The second-order valence-corrected chi connectivity index (χ2v) is 10.3. The molecular weight excluding hydrogens is 495 g/mol. The maximum Gasteiger partial charge on any atom is 0.328 e. The second kappa shape index (κ2) is 12.2. The first kappa shape index (κ1) is 28.0. The number of rotatable bonds is 10. The van der Waals surface area contributed by atoms with Crippen molar-refractivity contribution in [2.75, 3.05) is 12.4 Å². The summed E-state index contributed by atoms with van der Waals surface area (Å²) < 4.78 is 20.1. The van der Waals surface area contributed by atoms with E-state index in [1.165, 1.54) is 30.1 Å². The van der Waals surface area contributed by atoms with Crippen molar-refractivity contribution in [3.63, 3.8) is 0 Å². The summed E-state index contributed by atoms with van der Waals surface area (Å²) in [4.78, 5) is 39.8. The number of methoxy groups -OCH3 is 1. The smallest absolute Gasteiger partial charge is 0.328 e. The van der Waals surface area contributed by atoms with Crippen molar-refractivity contribution in [3.05, 3.63) is 88.7 Å².